The fourth-order valence-corrected chi connectivity index (χ4v) is 2.66. The van der Waals surface area contributed by atoms with E-state index in [-0.39, 0.29) is 11.9 Å². The molecular weight excluding hydrogens is 248 g/mol. The maximum Gasteiger partial charge on any atom is 0.188 e. The Morgan fingerprint density at radius 2 is 1.80 bits per heavy atom. The first kappa shape index (κ1) is 11.3. The van der Waals surface area contributed by atoms with Gasteiger partial charge in [0, 0.05) is 12.0 Å². The molecular formula is C18H12O2. The maximum atomic E-state index is 12.6. The van der Waals surface area contributed by atoms with Gasteiger partial charge in [-0.05, 0) is 24.3 Å². The SMILES string of the molecule is O=C1c2ccccc2OC2CC12C#Cc1ccccc1. The van der Waals surface area contributed by atoms with Crippen LogP contribution in [0.2, 0.25) is 0 Å². The number of hydrogen-bond acceptors (Lipinski definition) is 2. The van der Waals surface area contributed by atoms with Crippen LogP contribution in [0.5, 0.6) is 5.75 Å². The highest BCUT2D eigenvalue weighted by Crippen LogP contribution is 2.54. The molecule has 0 bridgehead atoms. The largest absolute Gasteiger partial charge is 0.488 e. The minimum absolute atomic E-state index is 0.0823. The molecule has 2 aromatic carbocycles. The molecule has 2 unspecified atom stereocenters. The van der Waals surface area contributed by atoms with E-state index in [1.807, 2.05) is 54.6 Å². The monoisotopic (exact) mass is 260 g/mol. The highest BCUT2D eigenvalue weighted by atomic mass is 16.5. The van der Waals surface area contributed by atoms with Gasteiger partial charge in [-0.2, -0.15) is 0 Å². The summed E-state index contributed by atoms with van der Waals surface area (Å²) in [6.07, 6.45) is 0.612. The molecule has 0 spiro atoms. The van der Waals surface area contributed by atoms with E-state index in [2.05, 4.69) is 11.8 Å². The lowest BCUT2D eigenvalue weighted by atomic mass is 9.92. The van der Waals surface area contributed by atoms with Gasteiger partial charge in [0.2, 0.25) is 0 Å². The van der Waals surface area contributed by atoms with Crippen LogP contribution in [0.3, 0.4) is 0 Å². The summed E-state index contributed by atoms with van der Waals surface area (Å²) in [5.74, 6) is 7.06. The van der Waals surface area contributed by atoms with Crippen molar-refractivity contribution in [3.05, 3.63) is 65.7 Å². The van der Waals surface area contributed by atoms with Crippen molar-refractivity contribution >= 4 is 5.78 Å². The molecule has 96 valence electrons. The molecule has 1 aliphatic heterocycles. The number of hydrogen-bond donors (Lipinski definition) is 0. The first-order valence-corrected chi connectivity index (χ1v) is 6.68. The third-order valence-corrected chi connectivity index (χ3v) is 3.91. The summed E-state index contributed by atoms with van der Waals surface area (Å²) < 4.78 is 5.84. The topological polar surface area (TPSA) is 26.3 Å². The van der Waals surface area contributed by atoms with E-state index in [1.165, 1.54) is 0 Å². The molecule has 2 heteroatoms. The molecule has 0 saturated heterocycles. The van der Waals surface area contributed by atoms with Gasteiger partial charge in [0.05, 0.1) is 5.56 Å². The van der Waals surface area contributed by atoms with Crippen LogP contribution in [0, 0.1) is 17.3 Å². The average Bonchev–Trinajstić information content (AvgIpc) is 3.22. The van der Waals surface area contributed by atoms with Gasteiger partial charge in [-0.25, -0.2) is 0 Å². The zero-order valence-electron chi connectivity index (χ0n) is 10.8. The molecule has 2 aliphatic rings. The van der Waals surface area contributed by atoms with Crippen LogP contribution in [-0.2, 0) is 0 Å². The van der Waals surface area contributed by atoms with Gasteiger partial charge in [-0.15, -0.1) is 0 Å². The van der Waals surface area contributed by atoms with Crippen molar-refractivity contribution in [1.29, 1.82) is 0 Å². The van der Waals surface area contributed by atoms with E-state index in [9.17, 15) is 4.79 Å². The third kappa shape index (κ3) is 1.57. The van der Waals surface area contributed by atoms with Crippen LogP contribution in [0.25, 0.3) is 0 Å². The van der Waals surface area contributed by atoms with Crippen LogP contribution in [-0.4, -0.2) is 11.9 Å². The third-order valence-electron chi connectivity index (χ3n) is 3.91. The average molecular weight is 260 g/mol. The smallest absolute Gasteiger partial charge is 0.188 e. The van der Waals surface area contributed by atoms with Gasteiger partial charge < -0.3 is 4.74 Å². The number of benzene rings is 2. The van der Waals surface area contributed by atoms with Gasteiger partial charge in [-0.1, -0.05) is 42.2 Å². The first-order valence-electron chi connectivity index (χ1n) is 6.68. The summed E-state index contributed by atoms with van der Waals surface area (Å²) in [5.41, 5.74) is 0.965. The maximum absolute atomic E-state index is 12.6. The fourth-order valence-electron chi connectivity index (χ4n) is 2.66. The second kappa shape index (κ2) is 3.98. The Bertz CT molecular complexity index is 752. The second-order valence-electron chi connectivity index (χ2n) is 5.22. The molecule has 2 aromatic rings. The molecule has 1 fully saturated rings. The van der Waals surface area contributed by atoms with Crippen molar-refractivity contribution in [2.75, 3.05) is 0 Å². The zero-order valence-corrected chi connectivity index (χ0v) is 10.8. The number of para-hydroxylation sites is 1. The standard InChI is InChI=1S/C18H12O2/c19-17-14-8-4-5-9-15(14)20-16-12-18(16,17)11-10-13-6-2-1-3-7-13/h1-9,16H,12H2. The molecule has 1 heterocycles. The number of carbonyl (C=O) groups excluding carboxylic acids is 1. The Balaban J connectivity index is 1.72. The van der Waals surface area contributed by atoms with Crippen LogP contribution in [0.15, 0.2) is 54.6 Å². The first-order chi connectivity index (χ1) is 9.79. The summed E-state index contributed by atoms with van der Waals surface area (Å²) in [4.78, 5) is 12.6. The Morgan fingerprint density at radius 3 is 2.65 bits per heavy atom. The fraction of sp³-hybridized carbons (Fsp3) is 0.167. The molecule has 4 rings (SSSR count). The van der Waals surface area contributed by atoms with E-state index in [0.717, 1.165) is 5.56 Å². The van der Waals surface area contributed by atoms with E-state index < -0.39 is 5.41 Å². The number of rotatable bonds is 0. The normalized spacial score (nSPS) is 25.6. The van der Waals surface area contributed by atoms with Gasteiger partial charge in [0.15, 0.2) is 5.78 Å². The second-order valence-corrected chi connectivity index (χ2v) is 5.22. The Kier molecular flexibility index (Phi) is 2.25. The van der Waals surface area contributed by atoms with Crippen molar-refractivity contribution < 1.29 is 9.53 Å². The summed E-state index contributed by atoms with van der Waals surface area (Å²) in [5, 5.41) is 0. The quantitative estimate of drug-likeness (QED) is 0.680. The summed E-state index contributed by atoms with van der Waals surface area (Å²) >= 11 is 0. The molecule has 0 N–H and O–H groups in total. The number of Topliss-reactive ketones (excluding diaryl/α,β-unsaturated/α-hetero) is 1. The van der Waals surface area contributed by atoms with Crippen molar-refractivity contribution in [1.82, 2.24) is 0 Å². The molecule has 1 aliphatic carbocycles. The van der Waals surface area contributed by atoms with Crippen molar-refractivity contribution in [2.45, 2.75) is 12.5 Å². The predicted molar refractivity (Wildman–Crippen MR) is 75.6 cm³/mol. The van der Waals surface area contributed by atoms with Crippen LogP contribution >= 0.6 is 0 Å². The van der Waals surface area contributed by atoms with Crippen LogP contribution in [0.1, 0.15) is 22.3 Å². The summed E-state index contributed by atoms with van der Waals surface area (Å²) in [6.45, 7) is 0. The number of ketones is 1. The lowest BCUT2D eigenvalue weighted by Gasteiger charge is -2.19. The van der Waals surface area contributed by atoms with E-state index in [1.54, 1.807) is 0 Å². The predicted octanol–water partition coefficient (Wildman–Crippen LogP) is 3.07. The van der Waals surface area contributed by atoms with Gasteiger partial charge in [0.25, 0.3) is 0 Å². The van der Waals surface area contributed by atoms with E-state index in [0.29, 0.717) is 17.7 Å². The number of fused-ring (bicyclic) bond motifs is 2. The lowest BCUT2D eigenvalue weighted by molar-refractivity contribution is 0.0873. The molecule has 20 heavy (non-hydrogen) atoms. The van der Waals surface area contributed by atoms with Crippen molar-refractivity contribution in [2.24, 2.45) is 5.41 Å². The van der Waals surface area contributed by atoms with Crippen LogP contribution < -0.4 is 4.74 Å². The number of carbonyl (C=O) groups is 1. The minimum atomic E-state index is -0.621. The molecule has 2 atom stereocenters. The lowest BCUT2D eigenvalue weighted by Crippen LogP contribution is -2.26. The highest BCUT2D eigenvalue weighted by Gasteiger charge is 2.64. The van der Waals surface area contributed by atoms with Crippen LogP contribution in [0.4, 0.5) is 0 Å². The Labute approximate surface area is 117 Å². The molecule has 0 aromatic heterocycles. The minimum Gasteiger partial charge on any atom is -0.488 e. The molecule has 0 radical (unpaired) electrons. The van der Waals surface area contributed by atoms with E-state index in [4.69, 9.17) is 4.74 Å². The van der Waals surface area contributed by atoms with Gasteiger partial charge >= 0.3 is 0 Å². The molecule has 0 amide bonds. The highest BCUT2D eigenvalue weighted by molar-refractivity contribution is 6.08. The Morgan fingerprint density at radius 1 is 1.05 bits per heavy atom. The van der Waals surface area contributed by atoms with Gasteiger partial charge in [0.1, 0.15) is 17.3 Å². The number of ether oxygens (including phenoxy) is 1. The van der Waals surface area contributed by atoms with E-state index >= 15 is 0 Å². The van der Waals surface area contributed by atoms with Gasteiger partial charge in [-0.3, -0.25) is 4.79 Å². The van der Waals surface area contributed by atoms with Crippen molar-refractivity contribution in [3.63, 3.8) is 0 Å². The zero-order chi connectivity index (χ0) is 13.6. The summed E-state index contributed by atoms with van der Waals surface area (Å²) in [6, 6.07) is 17.2. The molecule has 2 nitrogen and oxygen atoms in total. The Hall–Kier alpha value is -2.53. The summed E-state index contributed by atoms with van der Waals surface area (Å²) in [7, 11) is 0. The van der Waals surface area contributed by atoms with Crippen molar-refractivity contribution in [3.8, 4) is 17.6 Å². The molecule has 1 saturated carbocycles.